The molecule has 20 nitrogen and oxygen atoms in total. The number of halogens is 4. The molecule has 0 aliphatic rings. The van der Waals surface area contributed by atoms with Gasteiger partial charge in [-0.25, -0.2) is 86.1 Å². The summed E-state index contributed by atoms with van der Waals surface area (Å²) in [6.07, 6.45) is 13.4. The third-order valence-electron chi connectivity index (χ3n) is 13.6. The van der Waals surface area contributed by atoms with Crippen LogP contribution in [0.2, 0.25) is 0 Å². The minimum Gasteiger partial charge on any atom is -0.253 e. The van der Waals surface area contributed by atoms with Crippen molar-refractivity contribution < 1.29 is 17.6 Å². The lowest BCUT2D eigenvalue weighted by molar-refractivity contribution is 0.579. The van der Waals surface area contributed by atoms with Crippen LogP contribution < -0.4 is 0 Å². The molecule has 15 aromatic rings. The zero-order valence-electron chi connectivity index (χ0n) is 49.1. The highest BCUT2D eigenvalue weighted by Crippen LogP contribution is 2.27. The van der Waals surface area contributed by atoms with Gasteiger partial charge in [-0.3, -0.25) is 9.97 Å². The fourth-order valence-corrected chi connectivity index (χ4v) is 10.3. The van der Waals surface area contributed by atoms with Gasteiger partial charge >= 0.3 is 0 Å². The van der Waals surface area contributed by atoms with E-state index < -0.39 is 0 Å². The standard InChI is InChI=1S/C19H14FN5.2C17H12FN5S.C14H12FN5/c20-16-10-5-4-9-15(16)13-25-19(14-7-2-1-3-8-14)23-18(24-25)17-21-11-6-12-22-17;18-13-6-2-1-5-12(13)11-23-16(14-7-3-4-8-19-14)21-15(22-23)17-20-9-10-24-17;18-13-6-2-1-5-12(13)11-23-16(17-20-9-10-24-17)21-15(22-23)14-7-3-4-8-19-14;1-10-18-14(13-16-7-4-8-17-13)19-20(10)9-11-5-2-3-6-12(11)15/h1-12H,13H2;2*1-10H,11H2;2-8H,9H2,1H3. The molecule has 10 heterocycles. The Bertz CT molecular complexity index is 4830. The molecule has 0 aliphatic heterocycles. The predicted molar refractivity (Wildman–Crippen MR) is 343 cm³/mol. The van der Waals surface area contributed by atoms with Gasteiger partial charge in [0, 0.05) is 88.2 Å². The number of hydrogen-bond acceptors (Lipinski definition) is 18. The zero-order chi connectivity index (χ0) is 63.7. The Hall–Kier alpha value is -11.9. The Morgan fingerprint density at radius 1 is 0.301 bits per heavy atom. The van der Waals surface area contributed by atoms with E-state index in [1.165, 1.54) is 46.9 Å². The molecule has 0 fully saturated rings. The van der Waals surface area contributed by atoms with E-state index in [1.54, 1.807) is 153 Å². The van der Waals surface area contributed by atoms with Gasteiger partial charge in [-0.05, 0) is 67.6 Å². The number of aryl methyl sites for hydroxylation is 1. The summed E-state index contributed by atoms with van der Waals surface area (Å²) in [4.78, 5) is 51.8. The topological polar surface area (TPSA) is 226 Å². The number of hydrogen-bond donors (Lipinski definition) is 0. The first-order chi connectivity index (χ1) is 45.7. The maximum Gasteiger partial charge on any atom is 0.219 e. The molecule has 10 aromatic heterocycles. The molecule has 0 radical (unpaired) electrons. The number of pyridine rings is 2. The van der Waals surface area contributed by atoms with Crippen molar-refractivity contribution in [1.29, 1.82) is 0 Å². The SMILES string of the molecule is Cc1nc(-c2ncccn2)nn1Cc1ccccc1F.Fc1ccccc1Cn1nc(-c2ccccn2)nc1-c1nccs1.Fc1ccccc1Cn1nc(-c2ncccn2)nc1-c1ccccc1.Fc1ccccc1Cn1nc(-c2nccs2)nc1-c1ccccn1. The molecule has 0 saturated carbocycles. The van der Waals surface area contributed by atoms with Crippen LogP contribution in [0.4, 0.5) is 17.6 Å². The maximum absolute atomic E-state index is 14.1. The molecule has 0 amide bonds. The second-order valence-electron chi connectivity index (χ2n) is 19.9. The molecule has 0 bridgehead atoms. The summed E-state index contributed by atoms with van der Waals surface area (Å²) >= 11 is 2.92. The van der Waals surface area contributed by atoms with Crippen LogP contribution in [-0.2, 0) is 26.2 Å². The molecular weight excluding hydrogens is 1230 g/mol. The minimum absolute atomic E-state index is 0.250. The van der Waals surface area contributed by atoms with E-state index in [0.29, 0.717) is 98.4 Å². The number of thiazole rings is 2. The molecule has 15 rings (SSSR count). The predicted octanol–water partition coefficient (Wildman–Crippen LogP) is 13.1. The molecule has 93 heavy (non-hydrogen) atoms. The summed E-state index contributed by atoms with van der Waals surface area (Å²) in [6.45, 7) is 2.98. The van der Waals surface area contributed by atoms with Crippen LogP contribution in [0.1, 0.15) is 28.1 Å². The minimum atomic E-state index is -0.269. The fraction of sp³-hybridized carbons (Fsp3) is 0.0746. The van der Waals surface area contributed by atoms with Gasteiger partial charge in [0.15, 0.2) is 45.0 Å². The number of rotatable bonds is 15. The summed E-state index contributed by atoms with van der Waals surface area (Å²) in [7, 11) is 0. The van der Waals surface area contributed by atoms with Crippen LogP contribution in [0.5, 0.6) is 0 Å². The highest BCUT2D eigenvalue weighted by atomic mass is 32.1. The third-order valence-corrected chi connectivity index (χ3v) is 15.1. The smallest absolute Gasteiger partial charge is 0.219 e. The van der Waals surface area contributed by atoms with Crippen molar-refractivity contribution >= 4 is 22.7 Å². The molecule has 5 aromatic carbocycles. The van der Waals surface area contributed by atoms with Crippen molar-refractivity contribution in [3.8, 4) is 79.4 Å². The van der Waals surface area contributed by atoms with E-state index in [2.05, 4.69) is 80.2 Å². The van der Waals surface area contributed by atoms with Crippen molar-refractivity contribution in [2.75, 3.05) is 0 Å². The maximum atomic E-state index is 14.1. The van der Waals surface area contributed by atoms with Gasteiger partial charge in [0.2, 0.25) is 17.5 Å². The van der Waals surface area contributed by atoms with E-state index in [0.717, 1.165) is 15.6 Å². The number of nitrogens with zero attached hydrogens (tertiary/aromatic N) is 20. The fourth-order valence-electron chi connectivity index (χ4n) is 9.10. The summed E-state index contributed by atoms with van der Waals surface area (Å²) in [5.41, 5.74) is 4.46. The lowest BCUT2D eigenvalue weighted by atomic mass is 10.2. The lowest BCUT2D eigenvalue weighted by Gasteiger charge is -2.07. The highest BCUT2D eigenvalue weighted by Gasteiger charge is 2.21. The molecule has 0 spiro atoms. The average Bonchev–Trinajstić information content (AvgIpc) is 1.96. The highest BCUT2D eigenvalue weighted by molar-refractivity contribution is 7.13. The van der Waals surface area contributed by atoms with E-state index in [9.17, 15) is 17.6 Å². The van der Waals surface area contributed by atoms with Gasteiger partial charge < -0.3 is 0 Å². The van der Waals surface area contributed by atoms with Crippen molar-refractivity contribution in [2.45, 2.75) is 33.1 Å². The first-order valence-corrected chi connectivity index (χ1v) is 30.4. The average molecular weight is 1280 g/mol. The molecule has 0 aliphatic carbocycles. The zero-order valence-corrected chi connectivity index (χ0v) is 50.8. The van der Waals surface area contributed by atoms with Crippen molar-refractivity contribution in [3.05, 3.63) is 288 Å². The Morgan fingerprint density at radius 3 is 1.18 bits per heavy atom. The van der Waals surface area contributed by atoms with E-state index in [1.807, 2.05) is 84.4 Å². The van der Waals surface area contributed by atoms with Crippen molar-refractivity contribution in [1.82, 2.24) is 98.9 Å². The Kier molecular flexibility index (Phi) is 19.5. The normalized spacial score (nSPS) is 10.8. The van der Waals surface area contributed by atoms with Crippen LogP contribution in [-0.4, -0.2) is 98.9 Å². The van der Waals surface area contributed by atoms with Crippen LogP contribution in [0.25, 0.3) is 79.4 Å². The largest absolute Gasteiger partial charge is 0.253 e. The van der Waals surface area contributed by atoms with Crippen LogP contribution in [0.3, 0.4) is 0 Å². The quantitative estimate of drug-likeness (QED) is 0.0870. The molecule has 0 N–H and O–H groups in total. The van der Waals surface area contributed by atoms with Gasteiger partial charge in [0.25, 0.3) is 0 Å². The third kappa shape index (κ3) is 15.4. The number of aromatic nitrogens is 20. The van der Waals surface area contributed by atoms with E-state index >= 15 is 0 Å². The molecular formula is C67H50F4N20S2. The van der Waals surface area contributed by atoms with Crippen molar-refractivity contribution in [3.63, 3.8) is 0 Å². The first-order valence-electron chi connectivity index (χ1n) is 28.6. The van der Waals surface area contributed by atoms with Gasteiger partial charge in [-0.15, -0.1) is 43.1 Å². The number of benzene rings is 5. The summed E-state index contributed by atoms with van der Waals surface area (Å²) in [5.74, 6) is 4.24. The van der Waals surface area contributed by atoms with Gasteiger partial charge in [-0.2, -0.15) is 0 Å². The summed E-state index contributed by atoms with van der Waals surface area (Å²) in [5, 5.41) is 23.1. The van der Waals surface area contributed by atoms with E-state index in [-0.39, 0.29) is 42.9 Å². The Labute approximate surface area is 536 Å². The second-order valence-corrected chi connectivity index (χ2v) is 21.7. The summed E-state index contributed by atoms with van der Waals surface area (Å²) < 4.78 is 62.4. The lowest BCUT2D eigenvalue weighted by Crippen LogP contribution is -2.06. The Morgan fingerprint density at radius 2 is 0.688 bits per heavy atom. The Balaban J connectivity index is 0.000000120. The van der Waals surface area contributed by atoms with Gasteiger partial charge in [0.05, 0.1) is 26.2 Å². The van der Waals surface area contributed by atoms with Gasteiger partial charge in [0.1, 0.15) is 40.5 Å². The molecule has 0 atom stereocenters. The second kappa shape index (κ2) is 29.6. The molecule has 26 heteroatoms. The van der Waals surface area contributed by atoms with Crippen LogP contribution >= 0.6 is 22.7 Å². The summed E-state index contributed by atoms with van der Waals surface area (Å²) in [6, 6.07) is 50.8. The molecule has 0 unspecified atom stereocenters. The van der Waals surface area contributed by atoms with Crippen LogP contribution in [0.15, 0.2) is 236 Å². The first kappa shape index (κ1) is 61.3. The van der Waals surface area contributed by atoms with Gasteiger partial charge in [-0.1, -0.05) is 115 Å². The monoisotopic (exact) mass is 1270 g/mol. The molecule has 0 saturated heterocycles. The molecule has 458 valence electrons. The van der Waals surface area contributed by atoms with E-state index in [4.69, 9.17) is 0 Å². The van der Waals surface area contributed by atoms with Crippen LogP contribution in [0, 0.1) is 30.2 Å². The van der Waals surface area contributed by atoms with Crippen molar-refractivity contribution in [2.24, 2.45) is 0 Å².